The van der Waals surface area contributed by atoms with Crippen molar-refractivity contribution in [1.29, 1.82) is 0 Å². The van der Waals surface area contributed by atoms with Gasteiger partial charge in [0.1, 0.15) is 0 Å². The second-order valence-electron chi connectivity index (χ2n) is 2.32. The molecule has 0 aliphatic rings. The van der Waals surface area contributed by atoms with Gasteiger partial charge in [-0.3, -0.25) is 15.6 Å². The molecule has 0 bridgehead atoms. The lowest BCUT2D eigenvalue weighted by molar-refractivity contribution is -0.118. The average molecular weight is 229 g/mol. The number of hydrogen-bond acceptors (Lipinski definition) is 2. The highest BCUT2D eigenvalue weighted by molar-refractivity contribution is 9.10. The van der Waals surface area contributed by atoms with Crippen LogP contribution in [0.5, 0.6) is 0 Å². The summed E-state index contributed by atoms with van der Waals surface area (Å²) < 4.78 is 0.970. The molecule has 64 valence electrons. The summed E-state index contributed by atoms with van der Waals surface area (Å²) in [4.78, 5) is 10.5. The van der Waals surface area contributed by atoms with Crippen molar-refractivity contribution in [2.24, 2.45) is 0 Å². The highest BCUT2D eigenvalue weighted by Crippen LogP contribution is 2.14. The van der Waals surface area contributed by atoms with Crippen LogP contribution >= 0.6 is 15.9 Å². The van der Waals surface area contributed by atoms with E-state index in [-0.39, 0.29) is 5.91 Å². The molecule has 0 fully saturated rings. The summed E-state index contributed by atoms with van der Waals surface area (Å²) >= 11 is 3.32. The molecule has 0 spiro atoms. The summed E-state index contributed by atoms with van der Waals surface area (Å²) in [5.41, 5.74) is 6.08. The number of nitrogens with one attached hydrogen (secondary N) is 2. The number of benzene rings is 1. The SMILES string of the molecule is CC(=O)NNc1cccc(Br)c1. The van der Waals surface area contributed by atoms with Gasteiger partial charge < -0.3 is 0 Å². The fraction of sp³-hybridized carbons (Fsp3) is 0.125. The third kappa shape index (κ3) is 2.92. The Balaban J connectivity index is 2.57. The normalized spacial score (nSPS) is 9.17. The van der Waals surface area contributed by atoms with E-state index in [2.05, 4.69) is 26.8 Å². The molecule has 0 aliphatic carbocycles. The van der Waals surface area contributed by atoms with Gasteiger partial charge in [0.25, 0.3) is 0 Å². The molecule has 0 heterocycles. The van der Waals surface area contributed by atoms with Crippen molar-refractivity contribution in [3.8, 4) is 0 Å². The molecule has 1 aromatic rings. The molecule has 0 aromatic heterocycles. The predicted molar refractivity (Wildman–Crippen MR) is 51.6 cm³/mol. The molecule has 0 saturated heterocycles. The largest absolute Gasteiger partial charge is 0.299 e. The standard InChI is InChI=1S/C8H9BrN2O/c1-6(12)10-11-8-4-2-3-7(9)5-8/h2-5,11H,1H3,(H,10,12). The van der Waals surface area contributed by atoms with E-state index < -0.39 is 0 Å². The molecular formula is C8H9BrN2O. The lowest BCUT2D eigenvalue weighted by atomic mass is 10.3. The van der Waals surface area contributed by atoms with Crippen molar-refractivity contribution < 1.29 is 4.79 Å². The molecule has 4 heteroatoms. The molecule has 12 heavy (non-hydrogen) atoms. The Morgan fingerprint density at radius 3 is 2.83 bits per heavy atom. The van der Waals surface area contributed by atoms with Gasteiger partial charge in [0.05, 0.1) is 5.69 Å². The van der Waals surface area contributed by atoms with Crippen LogP contribution < -0.4 is 10.9 Å². The first kappa shape index (κ1) is 9.06. The van der Waals surface area contributed by atoms with E-state index in [0.717, 1.165) is 10.2 Å². The maximum Gasteiger partial charge on any atom is 0.235 e. The van der Waals surface area contributed by atoms with Crippen molar-refractivity contribution in [2.45, 2.75) is 6.92 Å². The van der Waals surface area contributed by atoms with Crippen LogP contribution in [0.25, 0.3) is 0 Å². The first-order valence-electron chi connectivity index (χ1n) is 3.46. The number of amides is 1. The quantitative estimate of drug-likeness (QED) is 0.760. The van der Waals surface area contributed by atoms with Crippen molar-refractivity contribution in [2.75, 3.05) is 5.43 Å². The monoisotopic (exact) mass is 228 g/mol. The summed E-state index contributed by atoms with van der Waals surface area (Å²) in [5.74, 6) is -0.116. The zero-order valence-corrected chi connectivity index (χ0v) is 8.18. The molecular weight excluding hydrogens is 220 g/mol. The molecule has 1 aromatic carbocycles. The molecule has 3 nitrogen and oxygen atoms in total. The van der Waals surface area contributed by atoms with Crippen LogP contribution in [0.1, 0.15) is 6.92 Å². The second kappa shape index (κ2) is 4.11. The van der Waals surface area contributed by atoms with Crippen LogP contribution in [0.3, 0.4) is 0 Å². The van der Waals surface area contributed by atoms with Gasteiger partial charge in [0, 0.05) is 11.4 Å². The van der Waals surface area contributed by atoms with Crippen molar-refractivity contribution in [1.82, 2.24) is 5.43 Å². The fourth-order valence-corrected chi connectivity index (χ4v) is 1.13. The maximum atomic E-state index is 10.5. The summed E-state index contributed by atoms with van der Waals surface area (Å²) in [6.45, 7) is 1.45. The van der Waals surface area contributed by atoms with Crippen LogP contribution in [0, 0.1) is 0 Å². The van der Waals surface area contributed by atoms with Gasteiger partial charge in [0.2, 0.25) is 5.91 Å². The number of halogens is 1. The number of carbonyl (C=O) groups is 1. The highest BCUT2D eigenvalue weighted by atomic mass is 79.9. The third-order valence-corrected chi connectivity index (χ3v) is 1.70. The molecule has 0 radical (unpaired) electrons. The smallest absolute Gasteiger partial charge is 0.235 e. The zero-order chi connectivity index (χ0) is 8.97. The molecule has 1 rings (SSSR count). The van der Waals surface area contributed by atoms with E-state index in [1.54, 1.807) is 0 Å². The number of hydrogen-bond donors (Lipinski definition) is 2. The van der Waals surface area contributed by atoms with Crippen LogP contribution in [-0.2, 0) is 4.79 Å². The Morgan fingerprint density at radius 1 is 1.50 bits per heavy atom. The molecule has 1 amide bonds. The number of carbonyl (C=O) groups excluding carboxylic acids is 1. The topological polar surface area (TPSA) is 41.1 Å². The number of anilines is 1. The van der Waals surface area contributed by atoms with Gasteiger partial charge in [-0.05, 0) is 18.2 Å². The lowest BCUT2D eigenvalue weighted by Gasteiger charge is -2.05. The Kier molecular flexibility index (Phi) is 3.10. The van der Waals surface area contributed by atoms with E-state index in [9.17, 15) is 4.79 Å². The van der Waals surface area contributed by atoms with Crippen LogP contribution in [-0.4, -0.2) is 5.91 Å². The van der Waals surface area contributed by atoms with Gasteiger partial charge in [0.15, 0.2) is 0 Å². The minimum atomic E-state index is -0.116. The number of rotatable bonds is 2. The Labute approximate surface area is 79.3 Å². The van der Waals surface area contributed by atoms with Crippen LogP contribution in [0.15, 0.2) is 28.7 Å². The molecule has 0 unspecified atom stereocenters. The van der Waals surface area contributed by atoms with Crippen LogP contribution in [0.4, 0.5) is 5.69 Å². The average Bonchev–Trinajstić information content (AvgIpc) is 2.01. The van der Waals surface area contributed by atoms with Gasteiger partial charge in [-0.1, -0.05) is 22.0 Å². The van der Waals surface area contributed by atoms with Crippen molar-refractivity contribution >= 4 is 27.5 Å². The zero-order valence-electron chi connectivity index (χ0n) is 6.60. The van der Waals surface area contributed by atoms with Crippen LogP contribution in [0.2, 0.25) is 0 Å². The van der Waals surface area contributed by atoms with E-state index in [0.29, 0.717) is 0 Å². The lowest BCUT2D eigenvalue weighted by Crippen LogP contribution is -2.26. The second-order valence-corrected chi connectivity index (χ2v) is 3.23. The van der Waals surface area contributed by atoms with Gasteiger partial charge >= 0.3 is 0 Å². The fourth-order valence-electron chi connectivity index (χ4n) is 0.726. The Hall–Kier alpha value is -1.03. The third-order valence-electron chi connectivity index (χ3n) is 1.21. The van der Waals surface area contributed by atoms with E-state index >= 15 is 0 Å². The van der Waals surface area contributed by atoms with Gasteiger partial charge in [-0.25, -0.2) is 0 Å². The minimum Gasteiger partial charge on any atom is -0.299 e. The first-order valence-corrected chi connectivity index (χ1v) is 4.26. The van der Waals surface area contributed by atoms with Crippen molar-refractivity contribution in [3.63, 3.8) is 0 Å². The van der Waals surface area contributed by atoms with E-state index in [1.165, 1.54) is 6.92 Å². The summed E-state index contributed by atoms with van der Waals surface area (Å²) in [5, 5.41) is 0. The van der Waals surface area contributed by atoms with Gasteiger partial charge in [-0.2, -0.15) is 0 Å². The summed E-state index contributed by atoms with van der Waals surface area (Å²) in [6.07, 6.45) is 0. The van der Waals surface area contributed by atoms with E-state index in [1.807, 2.05) is 24.3 Å². The Bertz CT molecular complexity index is 288. The number of hydrazine groups is 1. The minimum absolute atomic E-state index is 0.116. The molecule has 0 saturated carbocycles. The van der Waals surface area contributed by atoms with E-state index in [4.69, 9.17) is 0 Å². The molecule has 0 atom stereocenters. The van der Waals surface area contributed by atoms with Gasteiger partial charge in [-0.15, -0.1) is 0 Å². The Morgan fingerprint density at radius 2 is 2.25 bits per heavy atom. The summed E-state index contributed by atoms with van der Waals surface area (Å²) in [7, 11) is 0. The first-order chi connectivity index (χ1) is 5.68. The predicted octanol–water partition coefficient (Wildman–Crippen LogP) is 1.91. The summed E-state index contributed by atoms with van der Waals surface area (Å²) in [6, 6.07) is 7.53. The highest BCUT2D eigenvalue weighted by Gasteiger charge is 1.92. The molecule has 2 N–H and O–H groups in total. The molecule has 0 aliphatic heterocycles. The maximum absolute atomic E-state index is 10.5. The van der Waals surface area contributed by atoms with Crippen molar-refractivity contribution in [3.05, 3.63) is 28.7 Å².